The van der Waals surface area contributed by atoms with Gasteiger partial charge in [-0.15, -0.1) is 10.2 Å². The monoisotopic (exact) mass is 282 g/mol. The lowest BCUT2D eigenvalue weighted by Crippen LogP contribution is -2.15. The van der Waals surface area contributed by atoms with Gasteiger partial charge in [-0.3, -0.25) is 0 Å². The molecule has 1 aliphatic carbocycles. The molecule has 4 rings (SSSR count). The largest absolute Gasteiger partial charge is 0.309 e. The van der Waals surface area contributed by atoms with Gasteiger partial charge in [0.1, 0.15) is 5.82 Å². The van der Waals surface area contributed by atoms with Gasteiger partial charge in [0.2, 0.25) is 0 Å². The van der Waals surface area contributed by atoms with Crippen molar-refractivity contribution in [1.82, 2.24) is 20.1 Å². The van der Waals surface area contributed by atoms with Gasteiger partial charge in [-0.1, -0.05) is 31.4 Å². The molecule has 1 aromatic heterocycles. The Balaban J connectivity index is 1.75. The summed E-state index contributed by atoms with van der Waals surface area (Å²) in [4.78, 5) is 0. The van der Waals surface area contributed by atoms with E-state index >= 15 is 0 Å². The summed E-state index contributed by atoms with van der Waals surface area (Å²) in [5.41, 5.74) is 4.03. The Labute approximate surface area is 125 Å². The third-order valence-corrected chi connectivity index (χ3v) is 4.90. The van der Waals surface area contributed by atoms with E-state index in [0.717, 1.165) is 24.7 Å². The van der Waals surface area contributed by atoms with Crippen molar-refractivity contribution in [3.05, 3.63) is 35.2 Å². The number of nitrogens with one attached hydrogen (secondary N) is 1. The smallest absolute Gasteiger partial charge is 0.164 e. The molecule has 21 heavy (non-hydrogen) atoms. The Morgan fingerprint density at radius 3 is 2.71 bits per heavy atom. The molecular weight excluding hydrogens is 260 g/mol. The lowest BCUT2D eigenvalue weighted by Gasteiger charge is -2.25. The molecule has 1 aliphatic heterocycles. The molecule has 0 unspecified atom stereocenters. The average molecular weight is 282 g/mol. The standard InChI is InChI=1S/C17H22N4/c1-12-19-20-17(21(12)16-5-3-2-4-6-16)13-7-8-14-10-18-11-15(14)9-13/h7-9,16,18H,2-6,10-11H2,1H3. The lowest BCUT2D eigenvalue weighted by molar-refractivity contribution is 0.350. The van der Waals surface area contributed by atoms with Crippen LogP contribution in [-0.4, -0.2) is 14.8 Å². The number of fused-ring (bicyclic) bond motifs is 1. The second kappa shape index (κ2) is 5.26. The van der Waals surface area contributed by atoms with Crippen LogP contribution in [0.15, 0.2) is 18.2 Å². The number of benzene rings is 1. The highest BCUT2D eigenvalue weighted by molar-refractivity contribution is 5.58. The molecule has 4 heteroatoms. The van der Waals surface area contributed by atoms with Gasteiger partial charge in [0, 0.05) is 24.7 Å². The first-order valence-electron chi connectivity index (χ1n) is 8.07. The molecular formula is C17H22N4. The molecule has 0 spiro atoms. The van der Waals surface area contributed by atoms with Crippen molar-refractivity contribution in [2.45, 2.75) is 58.2 Å². The number of hydrogen-bond donors (Lipinski definition) is 1. The number of aryl methyl sites for hydroxylation is 1. The van der Waals surface area contributed by atoms with E-state index in [1.807, 2.05) is 0 Å². The first-order valence-corrected chi connectivity index (χ1v) is 8.07. The summed E-state index contributed by atoms with van der Waals surface area (Å²) in [5.74, 6) is 2.10. The second-order valence-corrected chi connectivity index (χ2v) is 6.32. The maximum absolute atomic E-state index is 4.48. The average Bonchev–Trinajstić information content (AvgIpc) is 3.13. The van der Waals surface area contributed by atoms with Gasteiger partial charge in [-0.25, -0.2) is 0 Å². The van der Waals surface area contributed by atoms with E-state index < -0.39 is 0 Å². The van der Waals surface area contributed by atoms with Crippen LogP contribution in [0.2, 0.25) is 0 Å². The van der Waals surface area contributed by atoms with Crippen LogP contribution in [0, 0.1) is 6.92 Å². The molecule has 4 nitrogen and oxygen atoms in total. The Morgan fingerprint density at radius 1 is 1.05 bits per heavy atom. The van der Waals surface area contributed by atoms with E-state index in [0.29, 0.717) is 6.04 Å². The summed E-state index contributed by atoms with van der Waals surface area (Å²) in [6.45, 7) is 4.05. The molecule has 0 bridgehead atoms. The summed E-state index contributed by atoms with van der Waals surface area (Å²) in [6.07, 6.45) is 6.56. The van der Waals surface area contributed by atoms with Crippen molar-refractivity contribution in [2.75, 3.05) is 0 Å². The normalized spacial score (nSPS) is 18.9. The Hall–Kier alpha value is -1.68. The molecule has 1 fully saturated rings. The molecule has 1 aromatic carbocycles. The zero-order valence-electron chi connectivity index (χ0n) is 12.6. The Kier molecular flexibility index (Phi) is 3.26. The van der Waals surface area contributed by atoms with Crippen molar-refractivity contribution in [2.24, 2.45) is 0 Å². The number of aromatic nitrogens is 3. The van der Waals surface area contributed by atoms with E-state index in [2.05, 4.69) is 45.2 Å². The topological polar surface area (TPSA) is 42.7 Å². The Bertz CT molecular complexity index is 653. The molecule has 2 aromatic rings. The van der Waals surface area contributed by atoms with Crippen molar-refractivity contribution in [3.8, 4) is 11.4 Å². The van der Waals surface area contributed by atoms with Crippen LogP contribution in [0.5, 0.6) is 0 Å². The van der Waals surface area contributed by atoms with Crippen LogP contribution >= 0.6 is 0 Å². The van der Waals surface area contributed by atoms with E-state index in [-0.39, 0.29) is 0 Å². The number of nitrogens with zero attached hydrogens (tertiary/aromatic N) is 3. The van der Waals surface area contributed by atoms with Gasteiger partial charge in [0.25, 0.3) is 0 Å². The fourth-order valence-corrected chi connectivity index (χ4v) is 3.78. The molecule has 110 valence electrons. The highest BCUT2D eigenvalue weighted by atomic mass is 15.3. The summed E-state index contributed by atoms with van der Waals surface area (Å²) >= 11 is 0. The maximum atomic E-state index is 4.48. The lowest BCUT2D eigenvalue weighted by atomic mass is 9.94. The molecule has 2 heterocycles. The zero-order chi connectivity index (χ0) is 14.2. The first kappa shape index (κ1) is 13.0. The zero-order valence-corrected chi connectivity index (χ0v) is 12.6. The van der Waals surface area contributed by atoms with E-state index in [9.17, 15) is 0 Å². The van der Waals surface area contributed by atoms with Gasteiger partial charge in [-0.05, 0) is 37.0 Å². The van der Waals surface area contributed by atoms with Crippen LogP contribution < -0.4 is 5.32 Å². The fourth-order valence-electron chi connectivity index (χ4n) is 3.78. The van der Waals surface area contributed by atoms with E-state index in [1.165, 1.54) is 48.8 Å². The van der Waals surface area contributed by atoms with Crippen LogP contribution in [0.3, 0.4) is 0 Å². The van der Waals surface area contributed by atoms with Gasteiger partial charge < -0.3 is 9.88 Å². The molecule has 0 radical (unpaired) electrons. The highest BCUT2D eigenvalue weighted by Crippen LogP contribution is 2.33. The van der Waals surface area contributed by atoms with Gasteiger partial charge >= 0.3 is 0 Å². The van der Waals surface area contributed by atoms with Crippen molar-refractivity contribution >= 4 is 0 Å². The van der Waals surface area contributed by atoms with Crippen molar-refractivity contribution in [3.63, 3.8) is 0 Å². The van der Waals surface area contributed by atoms with Crippen LogP contribution in [-0.2, 0) is 13.1 Å². The van der Waals surface area contributed by atoms with Gasteiger partial charge in [0.15, 0.2) is 5.82 Å². The van der Waals surface area contributed by atoms with Crippen LogP contribution in [0.1, 0.15) is 55.1 Å². The minimum absolute atomic E-state index is 0.579. The van der Waals surface area contributed by atoms with Crippen molar-refractivity contribution < 1.29 is 0 Å². The SMILES string of the molecule is Cc1nnc(-c2ccc3c(c2)CNC3)n1C1CCCCC1. The second-order valence-electron chi connectivity index (χ2n) is 6.32. The summed E-state index contributed by atoms with van der Waals surface area (Å²) < 4.78 is 2.38. The molecule has 0 atom stereocenters. The Morgan fingerprint density at radius 2 is 1.86 bits per heavy atom. The van der Waals surface area contributed by atoms with Crippen molar-refractivity contribution in [1.29, 1.82) is 0 Å². The molecule has 1 N–H and O–H groups in total. The minimum Gasteiger partial charge on any atom is -0.309 e. The molecule has 0 saturated heterocycles. The fraction of sp³-hybridized carbons (Fsp3) is 0.529. The summed E-state index contributed by atoms with van der Waals surface area (Å²) in [5, 5.41) is 12.2. The quantitative estimate of drug-likeness (QED) is 0.918. The number of rotatable bonds is 2. The van der Waals surface area contributed by atoms with E-state index in [4.69, 9.17) is 0 Å². The summed E-state index contributed by atoms with van der Waals surface area (Å²) in [6, 6.07) is 7.31. The third kappa shape index (κ3) is 2.27. The molecule has 1 saturated carbocycles. The van der Waals surface area contributed by atoms with Gasteiger partial charge in [-0.2, -0.15) is 0 Å². The third-order valence-electron chi connectivity index (χ3n) is 4.90. The van der Waals surface area contributed by atoms with E-state index in [1.54, 1.807) is 0 Å². The predicted octanol–water partition coefficient (Wildman–Crippen LogP) is 3.36. The minimum atomic E-state index is 0.579. The summed E-state index contributed by atoms with van der Waals surface area (Å²) in [7, 11) is 0. The van der Waals surface area contributed by atoms with Gasteiger partial charge in [0.05, 0.1) is 0 Å². The predicted molar refractivity (Wildman–Crippen MR) is 82.9 cm³/mol. The molecule has 2 aliphatic rings. The highest BCUT2D eigenvalue weighted by Gasteiger charge is 2.22. The maximum Gasteiger partial charge on any atom is 0.164 e. The number of hydrogen-bond acceptors (Lipinski definition) is 3. The van der Waals surface area contributed by atoms with Crippen LogP contribution in [0.4, 0.5) is 0 Å². The van der Waals surface area contributed by atoms with Crippen LogP contribution in [0.25, 0.3) is 11.4 Å². The molecule has 0 amide bonds. The first-order chi connectivity index (χ1) is 10.3.